The number of likely N-dealkylation sites (N-methyl/N-ethyl adjacent to an activating group) is 1. The number of benzene rings is 1. The van der Waals surface area contributed by atoms with Crippen molar-refractivity contribution in [3.8, 4) is 0 Å². The van der Waals surface area contributed by atoms with E-state index in [0.717, 1.165) is 23.7 Å². The second-order valence-corrected chi connectivity index (χ2v) is 7.38. The van der Waals surface area contributed by atoms with Crippen LogP contribution in [-0.2, 0) is 0 Å². The highest BCUT2D eigenvalue weighted by Gasteiger charge is 2.44. The fourth-order valence-corrected chi connectivity index (χ4v) is 4.14. The van der Waals surface area contributed by atoms with E-state index in [0.29, 0.717) is 11.5 Å². The summed E-state index contributed by atoms with van der Waals surface area (Å²) in [6.45, 7) is 2.27. The Morgan fingerprint density at radius 3 is 2.76 bits per heavy atom. The molecule has 21 heavy (non-hydrogen) atoms. The van der Waals surface area contributed by atoms with Crippen LogP contribution >= 0.6 is 15.9 Å². The van der Waals surface area contributed by atoms with Crippen LogP contribution in [0.3, 0.4) is 0 Å². The minimum absolute atomic E-state index is 0.159. The van der Waals surface area contributed by atoms with Crippen molar-refractivity contribution in [2.75, 3.05) is 14.1 Å². The van der Waals surface area contributed by atoms with Gasteiger partial charge in [-0.3, -0.25) is 11.3 Å². The predicted molar refractivity (Wildman–Crippen MR) is 88.2 cm³/mol. The van der Waals surface area contributed by atoms with Gasteiger partial charge in [0.1, 0.15) is 5.82 Å². The summed E-state index contributed by atoms with van der Waals surface area (Å²) >= 11 is 3.44. The number of nitrogens with two attached hydrogens (primary N) is 1. The zero-order valence-electron chi connectivity index (χ0n) is 13.0. The lowest BCUT2D eigenvalue weighted by Crippen LogP contribution is -2.57. The van der Waals surface area contributed by atoms with Crippen molar-refractivity contribution in [2.24, 2.45) is 11.8 Å². The number of hydrazine groups is 1. The highest BCUT2D eigenvalue weighted by Crippen LogP contribution is 2.44. The van der Waals surface area contributed by atoms with Crippen LogP contribution in [0.15, 0.2) is 22.7 Å². The van der Waals surface area contributed by atoms with E-state index in [2.05, 4.69) is 47.3 Å². The van der Waals surface area contributed by atoms with Gasteiger partial charge in [-0.15, -0.1) is 0 Å². The Hall–Kier alpha value is -0.490. The molecule has 1 saturated carbocycles. The fourth-order valence-electron chi connectivity index (χ4n) is 3.76. The first-order valence-corrected chi connectivity index (χ1v) is 8.28. The van der Waals surface area contributed by atoms with Gasteiger partial charge in [-0.25, -0.2) is 4.39 Å². The number of halogens is 2. The van der Waals surface area contributed by atoms with E-state index in [9.17, 15) is 4.39 Å². The van der Waals surface area contributed by atoms with Crippen molar-refractivity contribution in [3.05, 3.63) is 34.1 Å². The molecular weight excluding hydrogens is 333 g/mol. The number of rotatable bonds is 4. The molecule has 3 nitrogen and oxygen atoms in total. The summed E-state index contributed by atoms with van der Waals surface area (Å²) in [5.41, 5.74) is 3.37. The molecule has 1 fully saturated rings. The van der Waals surface area contributed by atoms with Crippen LogP contribution in [0, 0.1) is 11.7 Å². The van der Waals surface area contributed by atoms with Gasteiger partial charge in [0.2, 0.25) is 0 Å². The van der Waals surface area contributed by atoms with Gasteiger partial charge >= 0.3 is 0 Å². The Balaban J connectivity index is 2.47. The number of hydrogen-bond acceptors (Lipinski definition) is 3. The van der Waals surface area contributed by atoms with Crippen molar-refractivity contribution in [3.63, 3.8) is 0 Å². The maximum atomic E-state index is 14.4. The van der Waals surface area contributed by atoms with Crippen LogP contribution in [0.4, 0.5) is 4.39 Å². The Kier molecular flexibility index (Phi) is 5.41. The molecular formula is C16H25BrFN3. The lowest BCUT2D eigenvalue weighted by atomic mass is 9.69. The topological polar surface area (TPSA) is 41.3 Å². The molecule has 3 N–H and O–H groups in total. The smallest absolute Gasteiger partial charge is 0.128 e. The molecule has 0 amide bonds. The Bertz CT molecular complexity index is 494. The number of nitrogens with zero attached hydrogens (tertiary/aromatic N) is 1. The standard InChI is InChI=1S/C16H25BrFN3/c1-11-5-4-8-16(10-11,21(2)3)15(20-19)13-9-12(17)6-7-14(13)18/h6-7,9,11,15,20H,4-5,8,10,19H2,1-3H3. The molecule has 0 bridgehead atoms. The van der Waals surface area contributed by atoms with Crippen molar-refractivity contribution in [1.29, 1.82) is 0 Å². The summed E-state index contributed by atoms with van der Waals surface area (Å²) in [4.78, 5) is 2.22. The molecule has 0 heterocycles. The average Bonchev–Trinajstić information content (AvgIpc) is 2.43. The van der Waals surface area contributed by atoms with Gasteiger partial charge < -0.3 is 4.90 Å². The maximum absolute atomic E-state index is 14.4. The largest absolute Gasteiger partial charge is 0.302 e. The Labute approximate surface area is 135 Å². The average molecular weight is 358 g/mol. The summed E-state index contributed by atoms with van der Waals surface area (Å²) in [6.07, 6.45) is 4.41. The van der Waals surface area contributed by atoms with Crippen LogP contribution in [-0.4, -0.2) is 24.5 Å². The van der Waals surface area contributed by atoms with Gasteiger partial charge in [0.15, 0.2) is 0 Å². The minimum Gasteiger partial charge on any atom is -0.302 e. The molecule has 3 atom stereocenters. The third kappa shape index (κ3) is 3.31. The van der Waals surface area contributed by atoms with Crippen LogP contribution in [0.25, 0.3) is 0 Å². The van der Waals surface area contributed by atoms with E-state index < -0.39 is 0 Å². The van der Waals surface area contributed by atoms with E-state index in [-0.39, 0.29) is 17.4 Å². The Morgan fingerprint density at radius 1 is 1.48 bits per heavy atom. The molecule has 1 aromatic rings. The summed E-state index contributed by atoms with van der Waals surface area (Å²) in [5.74, 6) is 6.27. The summed E-state index contributed by atoms with van der Waals surface area (Å²) in [7, 11) is 4.14. The first-order chi connectivity index (χ1) is 9.90. The number of hydrogen-bond donors (Lipinski definition) is 2. The third-order valence-electron chi connectivity index (χ3n) is 4.87. The van der Waals surface area contributed by atoms with Crippen LogP contribution in [0.5, 0.6) is 0 Å². The monoisotopic (exact) mass is 357 g/mol. The zero-order chi connectivity index (χ0) is 15.6. The molecule has 1 aliphatic rings. The SMILES string of the molecule is CC1CCCC(C(NN)c2cc(Br)ccc2F)(N(C)C)C1. The first kappa shape index (κ1) is 16.9. The van der Waals surface area contributed by atoms with Crippen LogP contribution < -0.4 is 11.3 Å². The van der Waals surface area contributed by atoms with Gasteiger partial charge in [0.25, 0.3) is 0 Å². The van der Waals surface area contributed by atoms with Gasteiger partial charge in [0.05, 0.1) is 6.04 Å². The molecule has 3 unspecified atom stereocenters. The lowest BCUT2D eigenvalue weighted by molar-refractivity contribution is 0.0354. The maximum Gasteiger partial charge on any atom is 0.128 e. The van der Waals surface area contributed by atoms with Crippen LogP contribution in [0.2, 0.25) is 0 Å². The molecule has 0 aliphatic heterocycles. The zero-order valence-corrected chi connectivity index (χ0v) is 14.6. The highest BCUT2D eigenvalue weighted by atomic mass is 79.9. The quantitative estimate of drug-likeness (QED) is 0.638. The van der Waals surface area contributed by atoms with Crippen LogP contribution in [0.1, 0.15) is 44.2 Å². The molecule has 2 rings (SSSR count). The molecule has 0 aromatic heterocycles. The van der Waals surface area contributed by atoms with Gasteiger partial charge in [-0.2, -0.15) is 0 Å². The normalized spacial score (nSPS) is 27.9. The predicted octanol–water partition coefficient (Wildman–Crippen LogP) is 3.60. The molecule has 0 radical (unpaired) electrons. The molecule has 1 aliphatic carbocycles. The van der Waals surface area contributed by atoms with Crippen molar-refractivity contribution in [2.45, 2.75) is 44.2 Å². The summed E-state index contributed by atoms with van der Waals surface area (Å²) in [6, 6.07) is 4.83. The van der Waals surface area contributed by atoms with E-state index in [1.165, 1.54) is 12.5 Å². The van der Waals surface area contributed by atoms with E-state index in [1.54, 1.807) is 6.07 Å². The van der Waals surface area contributed by atoms with E-state index in [4.69, 9.17) is 5.84 Å². The number of nitrogens with one attached hydrogen (secondary N) is 1. The molecule has 5 heteroatoms. The van der Waals surface area contributed by atoms with Gasteiger partial charge in [-0.1, -0.05) is 35.7 Å². The highest BCUT2D eigenvalue weighted by molar-refractivity contribution is 9.10. The Morgan fingerprint density at radius 2 is 2.19 bits per heavy atom. The van der Waals surface area contributed by atoms with Crippen molar-refractivity contribution >= 4 is 15.9 Å². The summed E-state index contributed by atoms with van der Waals surface area (Å²) in [5, 5.41) is 0. The van der Waals surface area contributed by atoms with Crippen molar-refractivity contribution in [1.82, 2.24) is 10.3 Å². The first-order valence-electron chi connectivity index (χ1n) is 7.49. The van der Waals surface area contributed by atoms with E-state index in [1.807, 2.05) is 6.07 Å². The molecule has 1 aromatic carbocycles. The molecule has 0 spiro atoms. The van der Waals surface area contributed by atoms with Gasteiger partial charge in [-0.05, 0) is 51.1 Å². The minimum atomic E-state index is -0.229. The van der Waals surface area contributed by atoms with E-state index >= 15 is 0 Å². The lowest BCUT2D eigenvalue weighted by Gasteiger charge is -2.50. The molecule has 0 saturated heterocycles. The second-order valence-electron chi connectivity index (χ2n) is 6.47. The molecule has 118 valence electrons. The fraction of sp³-hybridized carbons (Fsp3) is 0.625. The second kappa shape index (κ2) is 6.73. The summed E-state index contributed by atoms with van der Waals surface area (Å²) < 4.78 is 15.2. The van der Waals surface area contributed by atoms with Crippen molar-refractivity contribution < 1.29 is 4.39 Å². The third-order valence-corrected chi connectivity index (χ3v) is 5.37. The van der Waals surface area contributed by atoms with Gasteiger partial charge in [0, 0.05) is 15.6 Å².